The van der Waals surface area contributed by atoms with E-state index < -0.39 is 5.97 Å². The van der Waals surface area contributed by atoms with E-state index in [0.29, 0.717) is 23.5 Å². The van der Waals surface area contributed by atoms with Gasteiger partial charge < -0.3 is 14.3 Å². The van der Waals surface area contributed by atoms with E-state index in [9.17, 15) is 4.79 Å². The van der Waals surface area contributed by atoms with Crippen LogP contribution < -0.4 is 4.74 Å². The quantitative estimate of drug-likeness (QED) is 0.677. The number of carboxylic acids is 1. The van der Waals surface area contributed by atoms with Crippen LogP contribution in [0.25, 0.3) is 11.0 Å². The minimum absolute atomic E-state index is 0.0264. The lowest BCUT2D eigenvalue weighted by molar-refractivity contribution is 0.0664. The summed E-state index contributed by atoms with van der Waals surface area (Å²) in [5.74, 6) is -0.418. The summed E-state index contributed by atoms with van der Waals surface area (Å²) >= 11 is 3.33. The van der Waals surface area contributed by atoms with Crippen LogP contribution in [0.2, 0.25) is 0 Å². The van der Waals surface area contributed by atoms with Crippen molar-refractivity contribution in [2.75, 3.05) is 11.9 Å². The first-order valence-corrected chi connectivity index (χ1v) is 6.71. The predicted molar refractivity (Wildman–Crippen MR) is 71.8 cm³/mol. The zero-order chi connectivity index (χ0) is 13.1. The van der Waals surface area contributed by atoms with Crippen molar-refractivity contribution in [1.29, 1.82) is 0 Å². The summed E-state index contributed by atoms with van der Waals surface area (Å²) in [6.07, 6.45) is 0.888. The molecule has 2 aromatic rings. The summed E-state index contributed by atoms with van der Waals surface area (Å²) in [7, 11) is 0. The number of furan rings is 1. The van der Waals surface area contributed by atoms with E-state index in [2.05, 4.69) is 15.9 Å². The topological polar surface area (TPSA) is 59.7 Å². The summed E-state index contributed by atoms with van der Waals surface area (Å²) < 4.78 is 11.0. The van der Waals surface area contributed by atoms with Crippen molar-refractivity contribution in [2.24, 2.45) is 0 Å². The predicted octanol–water partition coefficient (Wildman–Crippen LogP) is 3.60. The fourth-order valence-electron chi connectivity index (χ4n) is 1.83. The van der Waals surface area contributed by atoms with E-state index in [4.69, 9.17) is 14.3 Å². The number of rotatable bonds is 5. The fraction of sp³-hybridized carbons (Fsp3) is 0.308. The lowest BCUT2D eigenvalue weighted by atomic mass is 10.1. The number of ether oxygens (including phenoxy) is 1. The molecule has 2 rings (SSSR count). The molecule has 0 saturated carbocycles. The van der Waals surface area contributed by atoms with Gasteiger partial charge in [0, 0.05) is 10.9 Å². The molecule has 0 radical (unpaired) electrons. The highest BCUT2D eigenvalue weighted by Gasteiger charge is 2.19. The van der Waals surface area contributed by atoms with Gasteiger partial charge in [0.05, 0.1) is 12.0 Å². The summed E-state index contributed by atoms with van der Waals surface area (Å²) in [6.45, 7) is 2.31. The SMILES string of the molecule is Cc1c(C(=O)O)oc2cccc(OCCCBr)c12. The molecule has 0 bridgehead atoms. The van der Waals surface area contributed by atoms with Gasteiger partial charge in [-0.25, -0.2) is 4.79 Å². The smallest absolute Gasteiger partial charge is 0.372 e. The molecule has 1 aromatic heterocycles. The number of hydrogen-bond donors (Lipinski definition) is 1. The van der Waals surface area contributed by atoms with Crippen molar-refractivity contribution in [3.63, 3.8) is 0 Å². The van der Waals surface area contributed by atoms with E-state index >= 15 is 0 Å². The Morgan fingerprint density at radius 2 is 2.28 bits per heavy atom. The maximum atomic E-state index is 11.0. The van der Waals surface area contributed by atoms with E-state index in [0.717, 1.165) is 17.1 Å². The Kier molecular flexibility index (Phi) is 3.91. The lowest BCUT2D eigenvalue weighted by Crippen LogP contribution is -1.99. The largest absolute Gasteiger partial charge is 0.493 e. The van der Waals surface area contributed by atoms with Gasteiger partial charge >= 0.3 is 5.97 Å². The van der Waals surface area contributed by atoms with Crippen molar-refractivity contribution in [2.45, 2.75) is 13.3 Å². The van der Waals surface area contributed by atoms with E-state index in [1.807, 2.05) is 6.07 Å². The molecule has 5 heteroatoms. The average molecular weight is 313 g/mol. The van der Waals surface area contributed by atoms with E-state index in [1.165, 1.54) is 0 Å². The standard InChI is InChI=1S/C13H13BrO4/c1-8-11-9(17-7-3-6-14)4-2-5-10(11)18-12(8)13(15)16/h2,4-5H,3,6-7H2,1H3,(H,15,16). The summed E-state index contributed by atoms with van der Waals surface area (Å²) in [5.41, 5.74) is 1.15. The minimum Gasteiger partial charge on any atom is -0.493 e. The molecule has 1 heterocycles. The van der Waals surface area contributed by atoms with Gasteiger partial charge in [-0.1, -0.05) is 22.0 Å². The van der Waals surface area contributed by atoms with Gasteiger partial charge in [0.25, 0.3) is 0 Å². The van der Waals surface area contributed by atoms with Gasteiger partial charge in [0.1, 0.15) is 11.3 Å². The first-order valence-electron chi connectivity index (χ1n) is 5.59. The van der Waals surface area contributed by atoms with Crippen molar-refractivity contribution >= 4 is 32.9 Å². The first kappa shape index (κ1) is 13.0. The third kappa shape index (κ3) is 2.36. The molecule has 0 fully saturated rings. The Bertz CT molecular complexity index is 574. The fourth-order valence-corrected chi connectivity index (χ4v) is 2.06. The van der Waals surface area contributed by atoms with Crippen LogP contribution >= 0.6 is 15.9 Å². The van der Waals surface area contributed by atoms with Crippen molar-refractivity contribution in [3.05, 3.63) is 29.5 Å². The van der Waals surface area contributed by atoms with Crippen LogP contribution in [0, 0.1) is 6.92 Å². The van der Waals surface area contributed by atoms with Gasteiger partial charge in [-0.2, -0.15) is 0 Å². The molecule has 4 nitrogen and oxygen atoms in total. The van der Waals surface area contributed by atoms with Gasteiger partial charge in [-0.15, -0.1) is 0 Å². The molecule has 0 amide bonds. The molecule has 0 spiro atoms. The molecule has 18 heavy (non-hydrogen) atoms. The van der Waals surface area contributed by atoms with Gasteiger partial charge in [-0.3, -0.25) is 0 Å². The zero-order valence-corrected chi connectivity index (χ0v) is 11.5. The normalized spacial score (nSPS) is 10.8. The number of aromatic carboxylic acids is 1. The molecule has 96 valence electrons. The molecule has 1 N–H and O–H groups in total. The minimum atomic E-state index is -1.06. The van der Waals surface area contributed by atoms with E-state index in [-0.39, 0.29) is 5.76 Å². The number of carbonyl (C=O) groups is 1. The molecule has 0 unspecified atom stereocenters. The molecular formula is C13H13BrO4. The first-order chi connectivity index (χ1) is 8.65. The third-order valence-corrected chi connectivity index (χ3v) is 3.21. The number of carboxylic acid groups (broad SMARTS) is 1. The van der Waals surface area contributed by atoms with Crippen LogP contribution in [0.3, 0.4) is 0 Å². The van der Waals surface area contributed by atoms with Crippen LogP contribution in [0.1, 0.15) is 22.5 Å². The molecule has 0 aliphatic rings. The second kappa shape index (κ2) is 5.44. The molecular weight excluding hydrogens is 300 g/mol. The zero-order valence-electron chi connectivity index (χ0n) is 9.90. The van der Waals surface area contributed by atoms with Crippen molar-refractivity contribution in [3.8, 4) is 5.75 Å². The Morgan fingerprint density at radius 1 is 1.50 bits per heavy atom. The molecule has 1 aromatic carbocycles. The van der Waals surface area contributed by atoms with Gasteiger partial charge in [-0.05, 0) is 25.5 Å². The molecule has 0 aliphatic heterocycles. The lowest BCUT2D eigenvalue weighted by Gasteiger charge is -2.06. The number of benzene rings is 1. The van der Waals surface area contributed by atoms with Crippen LogP contribution in [-0.2, 0) is 0 Å². The number of alkyl halides is 1. The average Bonchev–Trinajstić information content (AvgIpc) is 2.68. The summed E-state index contributed by atoms with van der Waals surface area (Å²) in [4.78, 5) is 11.0. The highest BCUT2D eigenvalue weighted by molar-refractivity contribution is 9.09. The van der Waals surface area contributed by atoms with Crippen molar-refractivity contribution in [1.82, 2.24) is 0 Å². The van der Waals surface area contributed by atoms with E-state index in [1.54, 1.807) is 19.1 Å². The Balaban J connectivity index is 2.44. The number of fused-ring (bicyclic) bond motifs is 1. The number of aryl methyl sites for hydroxylation is 1. The number of halogens is 1. The van der Waals surface area contributed by atoms with Crippen LogP contribution in [0.15, 0.2) is 22.6 Å². The number of hydrogen-bond acceptors (Lipinski definition) is 3. The highest BCUT2D eigenvalue weighted by atomic mass is 79.9. The van der Waals surface area contributed by atoms with Crippen molar-refractivity contribution < 1.29 is 19.1 Å². The maximum absolute atomic E-state index is 11.0. The third-order valence-electron chi connectivity index (χ3n) is 2.65. The Morgan fingerprint density at radius 3 is 2.94 bits per heavy atom. The summed E-state index contributed by atoms with van der Waals surface area (Å²) in [6, 6.07) is 5.36. The molecule has 0 atom stereocenters. The van der Waals surface area contributed by atoms with Crippen LogP contribution in [0.5, 0.6) is 5.75 Å². The highest BCUT2D eigenvalue weighted by Crippen LogP contribution is 2.33. The van der Waals surface area contributed by atoms with Gasteiger partial charge in [0.15, 0.2) is 0 Å². The Hall–Kier alpha value is -1.49. The Labute approximate surface area is 113 Å². The second-order valence-electron chi connectivity index (χ2n) is 3.88. The van der Waals surface area contributed by atoms with Crippen LogP contribution in [-0.4, -0.2) is 23.0 Å². The second-order valence-corrected chi connectivity index (χ2v) is 4.67. The van der Waals surface area contributed by atoms with Gasteiger partial charge in [0.2, 0.25) is 5.76 Å². The van der Waals surface area contributed by atoms with Crippen LogP contribution in [0.4, 0.5) is 0 Å². The monoisotopic (exact) mass is 312 g/mol. The summed E-state index contributed by atoms with van der Waals surface area (Å²) in [5, 5.41) is 10.6. The molecule has 0 saturated heterocycles. The maximum Gasteiger partial charge on any atom is 0.372 e. The molecule has 0 aliphatic carbocycles.